The smallest absolute Gasteiger partial charge is 0.0576 e. The number of oxime groups is 3. The molecule has 0 spiro atoms. The van der Waals surface area contributed by atoms with Crippen molar-refractivity contribution in [3.8, 4) is 0 Å². The van der Waals surface area contributed by atoms with E-state index in [1.165, 1.54) is 18.6 Å². The van der Waals surface area contributed by atoms with Gasteiger partial charge in [0.15, 0.2) is 0 Å². The van der Waals surface area contributed by atoms with Crippen LogP contribution in [-0.2, 0) is 0 Å². The maximum Gasteiger partial charge on any atom is 0.0576 e. The molecule has 0 saturated heterocycles. The third-order valence-corrected chi connectivity index (χ3v) is 1.26. The van der Waals surface area contributed by atoms with E-state index in [0.29, 0.717) is 19.6 Å². The topological polar surface area (TPSA) is 101 Å². The zero-order valence-electron chi connectivity index (χ0n) is 6.98. The molecule has 0 bridgehead atoms. The van der Waals surface area contributed by atoms with Crippen LogP contribution in [0, 0.1) is 0 Å². The molecule has 0 radical (unpaired) electrons. The molecule has 13 heavy (non-hydrogen) atoms. The van der Waals surface area contributed by atoms with Crippen LogP contribution in [0.25, 0.3) is 0 Å². The first kappa shape index (κ1) is 11.4. The number of hydrogen-bond donors (Lipinski definition) is 3. The Balaban J connectivity index is 3.86. The molecule has 3 N–H and O–H groups in total. The molecule has 7 nitrogen and oxygen atoms in total. The largest absolute Gasteiger partial charge is 0.411 e. The first-order valence-corrected chi connectivity index (χ1v) is 3.55. The SMILES string of the molecule is O/N=C/CN(C/C=N/O)C/C=N/O. The molecular weight excluding hydrogens is 176 g/mol. The molecule has 0 rings (SSSR count). The second-order valence-corrected chi connectivity index (χ2v) is 2.11. The summed E-state index contributed by atoms with van der Waals surface area (Å²) in [6.45, 7) is 1.11. The van der Waals surface area contributed by atoms with Crippen molar-refractivity contribution in [1.82, 2.24) is 4.90 Å². The summed E-state index contributed by atoms with van der Waals surface area (Å²) in [7, 11) is 0. The van der Waals surface area contributed by atoms with Crippen molar-refractivity contribution in [1.29, 1.82) is 0 Å². The zero-order chi connectivity index (χ0) is 9.94. The Hall–Kier alpha value is -1.63. The monoisotopic (exact) mass is 188 g/mol. The van der Waals surface area contributed by atoms with Gasteiger partial charge in [-0.2, -0.15) is 0 Å². The Bertz CT molecular complexity index is 159. The van der Waals surface area contributed by atoms with Gasteiger partial charge >= 0.3 is 0 Å². The van der Waals surface area contributed by atoms with Gasteiger partial charge in [0.05, 0.1) is 18.6 Å². The van der Waals surface area contributed by atoms with Gasteiger partial charge in [0.2, 0.25) is 0 Å². The summed E-state index contributed by atoms with van der Waals surface area (Å²) < 4.78 is 0. The van der Waals surface area contributed by atoms with E-state index in [1.54, 1.807) is 4.90 Å². The summed E-state index contributed by atoms with van der Waals surface area (Å²) in [4.78, 5) is 1.71. The quantitative estimate of drug-likeness (QED) is 0.302. The van der Waals surface area contributed by atoms with Gasteiger partial charge in [-0.3, -0.25) is 4.90 Å². The normalized spacial score (nSPS) is 12.7. The van der Waals surface area contributed by atoms with E-state index in [2.05, 4.69) is 15.5 Å². The molecule has 0 aromatic carbocycles. The lowest BCUT2D eigenvalue weighted by molar-refractivity contribution is 0.307. The first-order chi connectivity index (χ1) is 6.35. The van der Waals surface area contributed by atoms with Crippen molar-refractivity contribution in [2.45, 2.75) is 0 Å². The fraction of sp³-hybridized carbons (Fsp3) is 0.500. The molecule has 0 fully saturated rings. The van der Waals surface area contributed by atoms with Crippen molar-refractivity contribution >= 4 is 18.6 Å². The number of nitrogens with zero attached hydrogens (tertiary/aromatic N) is 4. The standard InChI is InChI=1S/C6H12N4O3/c11-7-1-4-10(5-2-8-12)6-3-9-13/h1-3,11-13H,4-6H2/b7-1+,8-2+,9-3+. The van der Waals surface area contributed by atoms with Crippen LogP contribution < -0.4 is 0 Å². The minimum absolute atomic E-state index is 0.370. The Kier molecular flexibility index (Phi) is 7.40. The van der Waals surface area contributed by atoms with Crippen molar-refractivity contribution in [3.63, 3.8) is 0 Å². The summed E-state index contributed by atoms with van der Waals surface area (Å²) in [6.07, 6.45) is 3.82. The summed E-state index contributed by atoms with van der Waals surface area (Å²) in [5.74, 6) is 0. The van der Waals surface area contributed by atoms with Gasteiger partial charge in [-0.1, -0.05) is 0 Å². The highest BCUT2D eigenvalue weighted by Crippen LogP contribution is 1.82. The summed E-state index contributed by atoms with van der Waals surface area (Å²) in [5, 5.41) is 32.9. The average molecular weight is 188 g/mol. The van der Waals surface area contributed by atoms with Gasteiger partial charge in [0.25, 0.3) is 0 Å². The first-order valence-electron chi connectivity index (χ1n) is 3.55. The molecule has 0 aromatic heterocycles. The van der Waals surface area contributed by atoms with Crippen molar-refractivity contribution in [2.75, 3.05) is 19.6 Å². The van der Waals surface area contributed by atoms with E-state index in [1.807, 2.05) is 0 Å². The van der Waals surface area contributed by atoms with Gasteiger partial charge in [0, 0.05) is 19.6 Å². The second kappa shape index (κ2) is 8.47. The van der Waals surface area contributed by atoms with Crippen LogP contribution in [-0.4, -0.2) is 58.8 Å². The van der Waals surface area contributed by atoms with Crippen LogP contribution in [0.3, 0.4) is 0 Å². The van der Waals surface area contributed by atoms with Crippen LogP contribution in [0.5, 0.6) is 0 Å². The summed E-state index contributed by atoms with van der Waals surface area (Å²) >= 11 is 0. The van der Waals surface area contributed by atoms with Crippen LogP contribution >= 0.6 is 0 Å². The Morgan fingerprint density at radius 2 is 1.08 bits per heavy atom. The van der Waals surface area contributed by atoms with E-state index in [-0.39, 0.29) is 0 Å². The van der Waals surface area contributed by atoms with Gasteiger partial charge in [-0.25, -0.2) is 0 Å². The molecule has 74 valence electrons. The minimum atomic E-state index is 0.370. The zero-order valence-corrected chi connectivity index (χ0v) is 6.98. The molecule has 0 amide bonds. The fourth-order valence-corrected chi connectivity index (χ4v) is 0.680. The van der Waals surface area contributed by atoms with Gasteiger partial charge < -0.3 is 15.6 Å². The molecule has 0 unspecified atom stereocenters. The van der Waals surface area contributed by atoms with Crippen molar-refractivity contribution in [3.05, 3.63) is 0 Å². The molecule has 0 aliphatic heterocycles. The second-order valence-electron chi connectivity index (χ2n) is 2.11. The summed E-state index contributed by atoms with van der Waals surface area (Å²) in [6, 6.07) is 0. The van der Waals surface area contributed by atoms with E-state index < -0.39 is 0 Å². The lowest BCUT2D eigenvalue weighted by Crippen LogP contribution is -2.29. The maximum absolute atomic E-state index is 8.14. The highest BCUT2D eigenvalue weighted by molar-refractivity contribution is 5.65. The van der Waals surface area contributed by atoms with Crippen LogP contribution in [0.4, 0.5) is 0 Å². The van der Waals surface area contributed by atoms with E-state index in [9.17, 15) is 0 Å². The fourth-order valence-electron chi connectivity index (χ4n) is 0.680. The minimum Gasteiger partial charge on any atom is -0.411 e. The highest BCUT2D eigenvalue weighted by Gasteiger charge is 1.98. The number of hydrogen-bond acceptors (Lipinski definition) is 7. The Morgan fingerprint density at radius 1 is 0.769 bits per heavy atom. The van der Waals surface area contributed by atoms with Crippen molar-refractivity contribution in [2.24, 2.45) is 15.5 Å². The van der Waals surface area contributed by atoms with Crippen molar-refractivity contribution < 1.29 is 15.6 Å². The number of rotatable bonds is 6. The summed E-state index contributed by atoms with van der Waals surface area (Å²) in [5.41, 5.74) is 0. The molecule has 0 saturated carbocycles. The molecule has 0 atom stereocenters. The molecule has 0 aliphatic rings. The van der Waals surface area contributed by atoms with E-state index >= 15 is 0 Å². The molecular formula is C6H12N4O3. The van der Waals surface area contributed by atoms with Gasteiger partial charge in [0.1, 0.15) is 0 Å². The third kappa shape index (κ3) is 6.76. The lowest BCUT2D eigenvalue weighted by atomic mass is 10.5. The molecule has 0 aliphatic carbocycles. The predicted octanol–water partition coefficient (Wildman–Crippen LogP) is -0.332. The lowest BCUT2D eigenvalue weighted by Gasteiger charge is -2.13. The van der Waals surface area contributed by atoms with Crippen LogP contribution in [0.15, 0.2) is 15.5 Å². The van der Waals surface area contributed by atoms with Gasteiger partial charge in [-0.15, -0.1) is 15.5 Å². The average Bonchev–Trinajstić information content (AvgIpc) is 2.17. The maximum atomic E-state index is 8.14. The van der Waals surface area contributed by atoms with E-state index in [4.69, 9.17) is 15.6 Å². The third-order valence-electron chi connectivity index (χ3n) is 1.26. The predicted molar refractivity (Wildman–Crippen MR) is 47.3 cm³/mol. The van der Waals surface area contributed by atoms with Crippen LogP contribution in [0.1, 0.15) is 0 Å². The highest BCUT2D eigenvalue weighted by atomic mass is 16.4. The molecule has 0 heterocycles. The Morgan fingerprint density at radius 3 is 1.31 bits per heavy atom. The van der Waals surface area contributed by atoms with E-state index in [0.717, 1.165) is 0 Å². The van der Waals surface area contributed by atoms with Crippen LogP contribution in [0.2, 0.25) is 0 Å². The molecule has 0 aromatic rings. The van der Waals surface area contributed by atoms with Gasteiger partial charge in [-0.05, 0) is 0 Å². The Labute approximate surface area is 75.3 Å². The molecule has 7 heteroatoms.